The summed E-state index contributed by atoms with van der Waals surface area (Å²) in [4.78, 5) is 1.27. The summed E-state index contributed by atoms with van der Waals surface area (Å²) < 4.78 is 5.79. The van der Waals surface area contributed by atoms with E-state index in [4.69, 9.17) is 17.0 Å². The number of para-hydroxylation sites is 1. The molecule has 0 unspecified atom stereocenters. The Balaban J connectivity index is 1.39. The average Bonchev–Trinajstić information content (AvgIpc) is 2.69. The Hall–Kier alpha value is -2.50. The van der Waals surface area contributed by atoms with Crippen LogP contribution in [0.1, 0.15) is 5.56 Å². The molecule has 27 heavy (non-hydrogen) atoms. The third-order valence-electron chi connectivity index (χ3n) is 3.77. The molecule has 0 aromatic heterocycles. The first-order chi connectivity index (χ1) is 13.2. The van der Waals surface area contributed by atoms with Crippen LogP contribution in [0.15, 0.2) is 83.8 Å². The van der Waals surface area contributed by atoms with E-state index in [1.165, 1.54) is 10.5 Å². The fourth-order valence-electron chi connectivity index (χ4n) is 2.37. The molecule has 0 spiro atoms. The second kappa shape index (κ2) is 10.00. The SMILES string of the molecule is Cc1ccc(SCCNC(=S)Nc2ccc(Oc3ccccc3)cc2)cc1. The summed E-state index contributed by atoms with van der Waals surface area (Å²) in [6.07, 6.45) is 0. The van der Waals surface area contributed by atoms with Crippen molar-refractivity contribution >= 4 is 34.8 Å². The third-order valence-corrected chi connectivity index (χ3v) is 5.03. The van der Waals surface area contributed by atoms with Crippen LogP contribution in [-0.2, 0) is 0 Å². The Labute approximate surface area is 170 Å². The summed E-state index contributed by atoms with van der Waals surface area (Å²) in [6, 6.07) is 26.0. The Morgan fingerprint density at radius 1 is 0.889 bits per heavy atom. The highest BCUT2D eigenvalue weighted by atomic mass is 32.2. The zero-order valence-electron chi connectivity index (χ0n) is 15.1. The molecular formula is C22H22N2OS2. The lowest BCUT2D eigenvalue weighted by atomic mass is 10.2. The van der Waals surface area contributed by atoms with Gasteiger partial charge in [-0.25, -0.2) is 0 Å². The van der Waals surface area contributed by atoms with Gasteiger partial charge in [0.15, 0.2) is 5.11 Å². The maximum Gasteiger partial charge on any atom is 0.170 e. The zero-order chi connectivity index (χ0) is 18.9. The van der Waals surface area contributed by atoms with Gasteiger partial charge in [-0.05, 0) is 67.7 Å². The molecule has 3 nitrogen and oxygen atoms in total. The van der Waals surface area contributed by atoms with Crippen LogP contribution in [-0.4, -0.2) is 17.4 Å². The molecule has 0 saturated heterocycles. The van der Waals surface area contributed by atoms with E-state index < -0.39 is 0 Å². The highest BCUT2D eigenvalue weighted by Gasteiger charge is 2.00. The van der Waals surface area contributed by atoms with Gasteiger partial charge in [0.25, 0.3) is 0 Å². The molecule has 0 amide bonds. The molecule has 0 aliphatic rings. The van der Waals surface area contributed by atoms with E-state index in [9.17, 15) is 0 Å². The normalized spacial score (nSPS) is 10.3. The summed E-state index contributed by atoms with van der Waals surface area (Å²) in [5.74, 6) is 2.57. The molecule has 0 aliphatic heterocycles. The third kappa shape index (κ3) is 6.62. The van der Waals surface area contributed by atoms with Gasteiger partial charge < -0.3 is 15.4 Å². The van der Waals surface area contributed by atoms with Crippen LogP contribution >= 0.6 is 24.0 Å². The maximum atomic E-state index is 5.79. The van der Waals surface area contributed by atoms with E-state index >= 15 is 0 Å². The van der Waals surface area contributed by atoms with E-state index in [0.29, 0.717) is 5.11 Å². The molecule has 2 N–H and O–H groups in total. The van der Waals surface area contributed by atoms with Crippen molar-refractivity contribution in [3.05, 3.63) is 84.4 Å². The van der Waals surface area contributed by atoms with E-state index in [1.54, 1.807) is 0 Å². The first kappa shape index (κ1) is 19.3. The van der Waals surface area contributed by atoms with E-state index in [0.717, 1.165) is 29.5 Å². The van der Waals surface area contributed by atoms with Crippen molar-refractivity contribution < 1.29 is 4.74 Å². The van der Waals surface area contributed by atoms with E-state index in [1.807, 2.05) is 66.4 Å². The van der Waals surface area contributed by atoms with Gasteiger partial charge in [0.2, 0.25) is 0 Å². The topological polar surface area (TPSA) is 33.3 Å². The molecule has 3 rings (SSSR count). The summed E-state index contributed by atoms with van der Waals surface area (Å²) in [5, 5.41) is 7.05. The molecular weight excluding hydrogens is 372 g/mol. The molecule has 0 bridgehead atoms. The molecule has 0 heterocycles. The number of hydrogen-bond donors (Lipinski definition) is 2. The number of aryl methyl sites for hydroxylation is 1. The summed E-state index contributed by atoms with van der Waals surface area (Å²) >= 11 is 7.17. The Morgan fingerprint density at radius 2 is 1.56 bits per heavy atom. The number of nitrogens with one attached hydrogen (secondary N) is 2. The number of thioether (sulfide) groups is 1. The highest BCUT2D eigenvalue weighted by Crippen LogP contribution is 2.22. The van der Waals surface area contributed by atoms with Gasteiger partial charge >= 0.3 is 0 Å². The van der Waals surface area contributed by atoms with E-state index in [-0.39, 0.29) is 0 Å². The molecule has 138 valence electrons. The van der Waals surface area contributed by atoms with Crippen molar-refractivity contribution in [3.63, 3.8) is 0 Å². The number of anilines is 1. The van der Waals surface area contributed by atoms with Crippen molar-refractivity contribution in [1.29, 1.82) is 0 Å². The highest BCUT2D eigenvalue weighted by molar-refractivity contribution is 7.99. The van der Waals surface area contributed by atoms with Crippen LogP contribution in [0.2, 0.25) is 0 Å². The Kier molecular flexibility index (Phi) is 7.13. The predicted octanol–water partition coefficient (Wildman–Crippen LogP) is 5.87. The van der Waals surface area contributed by atoms with Gasteiger partial charge in [-0.1, -0.05) is 35.9 Å². The summed E-state index contributed by atoms with van der Waals surface area (Å²) in [6.45, 7) is 2.90. The maximum absolute atomic E-state index is 5.79. The predicted molar refractivity (Wildman–Crippen MR) is 119 cm³/mol. The van der Waals surface area contributed by atoms with Crippen LogP contribution in [0, 0.1) is 6.92 Å². The second-order valence-electron chi connectivity index (χ2n) is 5.98. The minimum atomic E-state index is 0.622. The first-order valence-electron chi connectivity index (χ1n) is 8.76. The van der Waals surface area contributed by atoms with Gasteiger partial charge in [0.05, 0.1) is 0 Å². The van der Waals surface area contributed by atoms with Crippen LogP contribution < -0.4 is 15.4 Å². The zero-order valence-corrected chi connectivity index (χ0v) is 16.8. The standard InChI is InChI=1S/C22H22N2OS2/c1-17-7-13-21(14-8-17)27-16-15-23-22(26)24-18-9-11-20(12-10-18)25-19-5-3-2-4-6-19/h2-14H,15-16H2,1H3,(H2,23,24,26). The fourth-order valence-corrected chi connectivity index (χ4v) is 3.36. The van der Waals surface area contributed by atoms with Crippen molar-refractivity contribution in [1.82, 2.24) is 5.32 Å². The van der Waals surface area contributed by atoms with Crippen LogP contribution in [0.5, 0.6) is 11.5 Å². The molecule has 0 radical (unpaired) electrons. The quantitative estimate of drug-likeness (QED) is 0.298. The molecule has 3 aromatic carbocycles. The van der Waals surface area contributed by atoms with Gasteiger partial charge in [-0.2, -0.15) is 0 Å². The second-order valence-corrected chi connectivity index (χ2v) is 7.56. The van der Waals surface area contributed by atoms with Crippen LogP contribution in [0.25, 0.3) is 0 Å². The number of thiocarbonyl (C=S) groups is 1. The lowest BCUT2D eigenvalue weighted by Gasteiger charge is -2.11. The molecule has 0 atom stereocenters. The molecule has 0 saturated carbocycles. The lowest BCUT2D eigenvalue weighted by Crippen LogP contribution is -2.30. The van der Waals surface area contributed by atoms with Crippen molar-refractivity contribution in [3.8, 4) is 11.5 Å². The largest absolute Gasteiger partial charge is 0.457 e. The first-order valence-corrected chi connectivity index (χ1v) is 10.2. The lowest BCUT2D eigenvalue weighted by molar-refractivity contribution is 0.483. The van der Waals surface area contributed by atoms with Crippen LogP contribution in [0.3, 0.4) is 0 Å². The number of rotatable bonds is 7. The monoisotopic (exact) mass is 394 g/mol. The van der Waals surface area contributed by atoms with Gasteiger partial charge in [-0.3, -0.25) is 0 Å². The average molecular weight is 395 g/mol. The Bertz CT molecular complexity index is 850. The van der Waals surface area contributed by atoms with Gasteiger partial charge in [0.1, 0.15) is 11.5 Å². The smallest absolute Gasteiger partial charge is 0.170 e. The van der Waals surface area contributed by atoms with Crippen molar-refractivity contribution in [2.45, 2.75) is 11.8 Å². The number of benzene rings is 3. The number of ether oxygens (including phenoxy) is 1. The van der Waals surface area contributed by atoms with Crippen LogP contribution in [0.4, 0.5) is 5.69 Å². The van der Waals surface area contributed by atoms with Crippen molar-refractivity contribution in [2.75, 3.05) is 17.6 Å². The summed E-state index contributed by atoms with van der Waals surface area (Å²) in [5.41, 5.74) is 2.21. The molecule has 0 aliphatic carbocycles. The minimum absolute atomic E-state index is 0.622. The molecule has 0 fully saturated rings. The molecule has 3 aromatic rings. The molecule has 5 heteroatoms. The van der Waals surface area contributed by atoms with E-state index in [2.05, 4.69) is 41.8 Å². The summed E-state index contributed by atoms with van der Waals surface area (Å²) in [7, 11) is 0. The minimum Gasteiger partial charge on any atom is -0.457 e. The van der Waals surface area contributed by atoms with Gasteiger partial charge in [0, 0.05) is 22.9 Å². The number of hydrogen-bond acceptors (Lipinski definition) is 3. The van der Waals surface area contributed by atoms with Crippen molar-refractivity contribution in [2.24, 2.45) is 0 Å². The fraction of sp³-hybridized carbons (Fsp3) is 0.136. The van der Waals surface area contributed by atoms with Gasteiger partial charge in [-0.15, -0.1) is 11.8 Å². The Morgan fingerprint density at radius 3 is 2.26 bits per heavy atom.